The average Bonchev–Trinajstić information content (AvgIpc) is 2.75. The number of fused-ring (bicyclic) bond motifs is 1. The Balaban J connectivity index is 1.80. The number of nitrogens with one attached hydrogen (secondary N) is 1. The molecule has 6 heteroatoms. The molecule has 1 amide bonds. The third kappa shape index (κ3) is 3.84. The Morgan fingerprint density at radius 3 is 2.40 bits per heavy atom. The summed E-state index contributed by atoms with van der Waals surface area (Å²) in [4.78, 5) is 12.8. The number of rotatable bonds is 4. The van der Waals surface area contributed by atoms with Crippen LogP contribution in [0.25, 0.3) is 10.8 Å². The average molecular weight is 397 g/mol. The fourth-order valence-electron chi connectivity index (χ4n) is 3.13. The molecule has 148 valence electrons. The molecule has 0 atom stereocenters. The molecule has 0 aliphatic rings. The van der Waals surface area contributed by atoms with Crippen molar-refractivity contribution in [2.24, 2.45) is 10.2 Å². The van der Waals surface area contributed by atoms with Gasteiger partial charge in [0.1, 0.15) is 17.1 Å². The van der Waals surface area contributed by atoms with Crippen LogP contribution in [-0.4, -0.2) is 16.1 Å². The van der Waals surface area contributed by atoms with Crippen molar-refractivity contribution in [3.8, 4) is 11.5 Å². The molecule has 0 aliphatic carbocycles. The maximum Gasteiger partial charge on any atom is 0.259 e. The van der Waals surface area contributed by atoms with Crippen molar-refractivity contribution < 1.29 is 15.0 Å². The number of hydrogen-bond acceptors (Lipinski definition) is 5. The maximum atomic E-state index is 12.8. The molecule has 0 fully saturated rings. The number of aromatic hydroxyl groups is 2. The highest BCUT2D eigenvalue weighted by molar-refractivity contribution is 6.11. The lowest BCUT2D eigenvalue weighted by atomic mass is 10.0. The highest BCUT2D eigenvalue weighted by Crippen LogP contribution is 2.40. The smallest absolute Gasteiger partial charge is 0.259 e. The van der Waals surface area contributed by atoms with E-state index in [1.807, 2.05) is 43.3 Å². The number of carbonyl (C=O) groups is 1. The molecule has 4 rings (SSSR count). The molecule has 30 heavy (non-hydrogen) atoms. The van der Waals surface area contributed by atoms with Crippen molar-refractivity contribution in [3.63, 3.8) is 0 Å². The van der Waals surface area contributed by atoms with Gasteiger partial charge < -0.3 is 15.5 Å². The number of nitrogens with zero attached hydrogens (tertiary/aromatic N) is 2. The third-order valence-corrected chi connectivity index (χ3v) is 4.66. The Bertz CT molecular complexity index is 1270. The summed E-state index contributed by atoms with van der Waals surface area (Å²) in [5, 5.41) is 33.3. The van der Waals surface area contributed by atoms with Crippen LogP contribution in [0, 0.1) is 6.92 Å². The van der Waals surface area contributed by atoms with Crippen LogP contribution >= 0.6 is 0 Å². The number of phenols is 2. The minimum absolute atomic E-state index is 0.0221. The molecule has 6 nitrogen and oxygen atoms in total. The lowest BCUT2D eigenvalue weighted by Crippen LogP contribution is -2.12. The second-order valence-corrected chi connectivity index (χ2v) is 6.85. The minimum atomic E-state index is -0.459. The van der Waals surface area contributed by atoms with Gasteiger partial charge in [-0.2, -0.15) is 0 Å². The number of para-hydroxylation sites is 1. The van der Waals surface area contributed by atoms with Crippen molar-refractivity contribution in [1.82, 2.24) is 0 Å². The molecular formula is C24H19N3O3. The zero-order valence-electron chi connectivity index (χ0n) is 16.2. The molecule has 0 saturated heterocycles. The van der Waals surface area contributed by atoms with E-state index in [0.29, 0.717) is 11.1 Å². The first-order valence-electron chi connectivity index (χ1n) is 9.35. The number of aryl methyl sites for hydroxylation is 1. The lowest BCUT2D eigenvalue weighted by molar-refractivity contribution is 0.102. The van der Waals surface area contributed by atoms with E-state index in [1.54, 1.807) is 36.4 Å². The topological polar surface area (TPSA) is 94.3 Å². The largest absolute Gasteiger partial charge is 0.506 e. The molecule has 4 aromatic carbocycles. The molecule has 0 aliphatic heterocycles. The van der Waals surface area contributed by atoms with Crippen molar-refractivity contribution in [2.75, 3.05) is 5.32 Å². The quantitative estimate of drug-likeness (QED) is 0.356. The van der Waals surface area contributed by atoms with Crippen LogP contribution in [0.3, 0.4) is 0 Å². The van der Waals surface area contributed by atoms with Gasteiger partial charge in [-0.1, -0.05) is 48.5 Å². The Labute approximate surface area is 173 Å². The molecule has 0 radical (unpaired) electrons. The second-order valence-electron chi connectivity index (χ2n) is 6.85. The number of amides is 1. The number of carbonyl (C=O) groups excluding carboxylic acids is 1. The van der Waals surface area contributed by atoms with Crippen LogP contribution in [0.2, 0.25) is 0 Å². The third-order valence-electron chi connectivity index (χ3n) is 4.66. The summed E-state index contributed by atoms with van der Waals surface area (Å²) in [6.07, 6.45) is 0. The summed E-state index contributed by atoms with van der Waals surface area (Å²) >= 11 is 0. The van der Waals surface area contributed by atoms with Gasteiger partial charge in [-0.05, 0) is 48.2 Å². The van der Waals surface area contributed by atoms with E-state index in [-0.39, 0.29) is 28.4 Å². The van der Waals surface area contributed by atoms with Gasteiger partial charge in [-0.3, -0.25) is 4.79 Å². The van der Waals surface area contributed by atoms with E-state index in [4.69, 9.17) is 0 Å². The van der Waals surface area contributed by atoms with Gasteiger partial charge in [-0.15, -0.1) is 10.2 Å². The Morgan fingerprint density at radius 1 is 0.867 bits per heavy atom. The second kappa shape index (κ2) is 8.05. The molecular weight excluding hydrogens is 378 g/mol. The van der Waals surface area contributed by atoms with Gasteiger partial charge in [0.15, 0.2) is 5.75 Å². The van der Waals surface area contributed by atoms with Gasteiger partial charge in [-0.25, -0.2) is 0 Å². The Kier molecular flexibility index (Phi) is 5.13. The first-order chi connectivity index (χ1) is 14.5. The van der Waals surface area contributed by atoms with Gasteiger partial charge in [0.2, 0.25) is 0 Å². The van der Waals surface area contributed by atoms with Crippen LogP contribution in [0.15, 0.2) is 89.1 Å². The van der Waals surface area contributed by atoms with Crippen LogP contribution in [-0.2, 0) is 0 Å². The van der Waals surface area contributed by atoms with E-state index in [9.17, 15) is 15.0 Å². The molecule has 0 bridgehead atoms. The van der Waals surface area contributed by atoms with E-state index in [0.717, 1.165) is 10.9 Å². The maximum absolute atomic E-state index is 12.8. The van der Waals surface area contributed by atoms with Gasteiger partial charge in [0.25, 0.3) is 5.91 Å². The molecule has 4 aromatic rings. The summed E-state index contributed by atoms with van der Waals surface area (Å²) in [7, 11) is 0. The molecule has 0 aromatic heterocycles. The number of azo groups is 1. The SMILES string of the molecule is Cc1ccc(O)c(N=Nc2c(O)c(C(=O)Nc3ccccc3)cc3ccccc23)c1. The summed E-state index contributed by atoms with van der Waals surface area (Å²) in [6, 6.07) is 22.9. The number of hydrogen-bond donors (Lipinski definition) is 3. The first-order valence-corrected chi connectivity index (χ1v) is 9.35. The highest BCUT2D eigenvalue weighted by atomic mass is 16.3. The van der Waals surface area contributed by atoms with Crippen LogP contribution < -0.4 is 5.32 Å². The van der Waals surface area contributed by atoms with Crippen LogP contribution in [0.4, 0.5) is 17.1 Å². The molecule has 3 N–H and O–H groups in total. The van der Waals surface area contributed by atoms with E-state index in [1.165, 1.54) is 6.07 Å². The van der Waals surface area contributed by atoms with Gasteiger partial charge >= 0.3 is 0 Å². The fourth-order valence-corrected chi connectivity index (χ4v) is 3.13. The van der Waals surface area contributed by atoms with E-state index < -0.39 is 5.91 Å². The van der Waals surface area contributed by atoms with Gasteiger partial charge in [0.05, 0.1) is 5.56 Å². The molecule has 0 heterocycles. The van der Waals surface area contributed by atoms with Gasteiger partial charge in [0, 0.05) is 11.1 Å². The lowest BCUT2D eigenvalue weighted by Gasteiger charge is -2.11. The van der Waals surface area contributed by atoms with E-state index in [2.05, 4.69) is 15.5 Å². The van der Waals surface area contributed by atoms with E-state index >= 15 is 0 Å². The molecule has 0 saturated carbocycles. The number of phenolic OH excluding ortho intramolecular Hbond substituents is 2. The van der Waals surface area contributed by atoms with Crippen LogP contribution in [0.1, 0.15) is 15.9 Å². The summed E-state index contributed by atoms with van der Waals surface area (Å²) in [5.41, 5.74) is 2.04. The monoisotopic (exact) mass is 397 g/mol. The number of benzene rings is 4. The first kappa shape index (κ1) is 19.1. The fraction of sp³-hybridized carbons (Fsp3) is 0.0417. The zero-order valence-corrected chi connectivity index (χ0v) is 16.2. The van der Waals surface area contributed by atoms with Crippen LogP contribution in [0.5, 0.6) is 11.5 Å². The molecule has 0 unspecified atom stereocenters. The van der Waals surface area contributed by atoms with Crippen molar-refractivity contribution in [1.29, 1.82) is 0 Å². The zero-order chi connectivity index (χ0) is 21.1. The van der Waals surface area contributed by atoms with Crippen molar-refractivity contribution >= 4 is 33.7 Å². The predicted octanol–water partition coefficient (Wildman–Crippen LogP) is 6.23. The standard InChI is InChI=1S/C24H19N3O3/c1-15-11-12-21(28)20(13-15)26-27-22-18-10-6-5-7-16(18)14-19(23(22)29)24(30)25-17-8-3-2-4-9-17/h2-14,28-29H,1H3,(H,25,30). The Hall–Kier alpha value is -4.19. The summed E-state index contributed by atoms with van der Waals surface area (Å²) < 4.78 is 0. The van der Waals surface area contributed by atoms with Crippen molar-refractivity contribution in [3.05, 3.63) is 90.0 Å². The highest BCUT2D eigenvalue weighted by Gasteiger charge is 2.18. The minimum Gasteiger partial charge on any atom is -0.506 e. The summed E-state index contributed by atoms with van der Waals surface area (Å²) in [6.45, 7) is 1.87. The molecule has 0 spiro atoms. The van der Waals surface area contributed by atoms with Crippen molar-refractivity contribution in [2.45, 2.75) is 6.92 Å². The normalized spacial score (nSPS) is 11.1. The predicted molar refractivity (Wildman–Crippen MR) is 117 cm³/mol. The number of anilines is 1. The summed E-state index contributed by atoms with van der Waals surface area (Å²) in [5.74, 6) is -0.761. The Morgan fingerprint density at radius 2 is 1.60 bits per heavy atom.